The number of rotatable bonds is 8. The molecule has 4 aromatic heterocycles. The van der Waals surface area contributed by atoms with Gasteiger partial charge in [0, 0.05) is 53.2 Å². The molecule has 0 amide bonds. The summed E-state index contributed by atoms with van der Waals surface area (Å²) < 4.78 is 12.8. The van der Waals surface area contributed by atoms with Gasteiger partial charge in [-0.15, -0.1) is 0 Å². The third-order valence-corrected chi connectivity index (χ3v) is 6.49. The highest BCUT2D eigenvalue weighted by atomic mass is 16.5. The second kappa shape index (κ2) is 11.2. The van der Waals surface area contributed by atoms with Crippen molar-refractivity contribution >= 4 is 16.7 Å². The third-order valence-electron chi connectivity index (χ3n) is 6.49. The third kappa shape index (κ3) is 5.41. The summed E-state index contributed by atoms with van der Waals surface area (Å²) in [6.07, 6.45) is 9.54. The average Bonchev–Trinajstić information content (AvgIpc) is 3.02. The van der Waals surface area contributed by atoms with E-state index in [1.807, 2.05) is 36.4 Å². The Labute approximate surface area is 234 Å². The van der Waals surface area contributed by atoms with Crippen LogP contribution in [0.1, 0.15) is 16.1 Å². The topological polar surface area (TPSA) is 109 Å². The summed E-state index contributed by atoms with van der Waals surface area (Å²) in [6.45, 7) is 0. The van der Waals surface area contributed by atoms with Gasteiger partial charge in [0.2, 0.25) is 0 Å². The predicted molar refractivity (Wildman–Crippen MR) is 154 cm³/mol. The number of fused-ring (bicyclic) bond motifs is 1. The number of pyridine rings is 3. The molecule has 0 saturated heterocycles. The summed E-state index contributed by atoms with van der Waals surface area (Å²) in [5, 5.41) is 0.824. The van der Waals surface area contributed by atoms with E-state index in [1.165, 1.54) is 4.57 Å². The molecule has 4 heterocycles. The Hall–Kier alpha value is -5.70. The highest BCUT2D eigenvalue weighted by molar-refractivity contribution is 5.98. The molecule has 0 unspecified atom stereocenters. The van der Waals surface area contributed by atoms with Gasteiger partial charge in [-0.25, -0.2) is 0 Å². The number of ketones is 1. The van der Waals surface area contributed by atoms with Crippen molar-refractivity contribution in [2.45, 2.75) is 6.42 Å². The van der Waals surface area contributed by atoms with E-state index in [2.05, 4.69) is 19.9 Å². The van der Waals surface area contributed by atoms with Gasteiger partial charge in [0.05, 0.1) is 42.7 Å². The maximum absolute atomic E-state index is 13.4. The molecule has 0 aliphatic rings. The largest absolute Gasteiger partial charge is 0.497 e. The molecule has 2 aromatic carbocycles. The predicted octanol–water partition coefficient (Wildman–Crippen LogP) is 5.46. The molecule has 0 atom stereocenters. The zero-order valence-electron chi connectivity index (χ0n) is 22.0. The molecule has 0 bridgehead atoms. The quantitative estimate of drug-likeness (QED) is 0.234. The van der Waals surface area contributed by atoms with E-state index < -0.39 is 5.56 Å². The van der Waals surface area contributed by atoms with Crippen LogP contribution in [-0.4, -0.2) is 37.4 Å². The lowest BCUT2D eigenvalue weighted by Gasteiger charge is -2.12. The van der Waals surface area contributed by atoms with Gasteiger partial charge in [-0.3, -0.25) is 34.1 Å². The normalized spacial score (nSPS) is 10.9. The van der Waals surface area contributed by atoms with Crippen LogP contribution in [0.3, 0.4) is 0 Å². The summed E-state index contributed by atoms with van der Waals surface area (Å²) in [7, 11) is 1.60. The SMILES string of the molecule is COc1ccc2c(Oc3ccc(CC(=O)c4cc(-c5cnccn5)cn(-c5ccccc5)c4=O)nc3)ccnc2c1. The van der Waals surface area contributed by atoms with E-state index in [4.69, 9.17) is 9.47 Å². The molecular formula is C32H23N5O4. The Kier molecular flexibility index (Phi) is 6.98. The molecule has 0 aliphatic heterocycles. The first-order valence-corrected chi connectivity index (χ1v) is 12.8. The van der Waals surface area contributed by atoms with Gasteiger partial charge in [0.15, 0.2) is 5.78 Å². The number of carbonyl (C=O) groups excluding carboxylic acids is 1. The Bertz CT molecular complexity index is 1910. The lowest BCUT2D eigenvalue weighted by atomic mass is 10.0. The molecule has 9 heteroatoms. The number of aromatic nitrogens is 5. The molecule has 0 aliphatic carbocycles. The maximum Gasteiger partial charge on any atom is 0.266 e. The van der Waals surface area contributed by atoms with E-state index in [1.54, 1.807) is 80.7 Å². The zero-order chi connectivity index (χ0) is 28.2. The van der Waals surface area contributed by atoms with Crippen LogP contribution in [0.25, 0.3) is 27.8 Å². The highest BCUT2D eigenvalue weighted by Crippen LogP contribution is 2.30. The van der Waals surface area contributed by atoms with Crippen LogP contribution >= 0.6 is 0 Å². The van der Waals surface area contributed by atoms with Gasteiger partial charge in [-0.05, 0) is 48.5 Å². The van der Waals surface area contributed by atoms with Crippen molar-refractivity contribution in [3.63, 3.8) is 0 Å². The Balaban J connectivity index is 1.27. The molecule has 9 nitrogen and oxygen atoms in total. The molecular weight excluding hydrogens is 518 g/mol. The number of ether oxygens (including phenoxy) is 2. The average molecular weight is 542 g/mol. The Morgan fingerprint density at radius 1 is 0.854 bits per heavy atom. The monoisotopic (exact) mass is 541 g/mol. The molecule has 6 rings (SSSR count). The summed E-state index contributed by atoms with van der Waals surface area (Å²) in [5.41, 5.74) is 2.65. The fraction of sp³-hybridized carbons (Fsp3) is 0.0625. The smallest absolute Gasteiger partial charge is 0.266 e. The van der Waals surface area contributed by atoms with Crippen LogP contribution in [0.15, 0.2) is 115 Å². The van der Waals surface area contributed by atoms with Gasteiger partial charge in [0.1, 0.15) is 17.2 Å². The van der Waals surface area contributed by atoms with Crippen molar-refractivity contribution in [3.8, 4) is 34.2 Å². The van der Waals surface area contributed by atoms with E-state index in [9.17, 15) is 9.59 Å². The number of Topliss-reactive ketones (excluding diaryl/α,β-unsaturated/α-hetero) is 1. The molecule has 6 aromatic rings. The minimum atomic E-state index is -0.421. The van der Waals surface area contributed by atoms with Crippen LogP contribution in [0.4, 0.5) is 0 Å². The fourth-order valence-corrected chi connectivity index (χ4v) is 4.43. The van der Waals surface area contributed by atoms with Gasteiger partial charge in [-0.2, -0.15) is 0 Å². The van der Waals surface area contributed by atoms with Gasteiger partial charge < -0.3 is 9.47 Å². The molecule has 0 radical (unpaired) electrons. The zero-order valence-corrected chi connectivity index (χ0v) is 22.0. The second-order valence-corrected chi connectivity index (χ2v) is 9.12. The Morgan fingerprint density at radius 2 is 1.71 bits per heavy atom. The summed E-state index contributed by atoms with van der Waals surface area (Å²) in [6, 6.07) is 21.5. The number of hydrogen-bond donors (Lipinski definition) is 0. The number of carbonyl (C=O) groups is 1. The number of nitrogens with zero attached hydrogens (tertiary/aromatic N) is 5. The minimum Gasteiger partial charge on any atom is -0.497 e. The maximum atomic E-state index is 13.4. The standard InChI is InChI=1S/C32H23N5O4/c1-40-24-9-10-26-28(17-24)34-12-11-31(26)41-25-8-7-22(36-18-25)16-30(38)27-15-21(29-19-33-13-14-35-29)20-37(32(27)39)23-5-3-2-4-6-23/h2-15,17-20H,16H2,1H3. The van der Waals surface area contributed by atoms with Gasteiger partial charge in [0.25, 0.3) is 5.56 Å². The first kappa shape index (κ1) is 25.6. The summed E-state index contributed by atoms with van der Waals surface area (Å²) >= 11 is 0. The summed E-state index contributed by atoms with van der Waals surface area (Å²) in [5.74, 6) is 1.46. The summed E-state index contributed by atoms with van der Waals surface area (Å²) in [4.78, 5) is 44.2. The Morgan fingerprint density at radius 3 is 2.46 bits per heavy atom. The molecule has 0 N–H and O–H groups in total. The van der Waals surface area contributed by atoms with Crippen molar-refractivity contribution in [2.75, 3.05) is 7.11 Å². The van der Waals surface area contributed by atoms with Crippen LogP contribution < -0.4 is 15.0 Å². The van der Waals surface area contributed by atoms with Crippen molar-refractivity contribution in [3.05, 3.63) is 132 Å². The fourth-order valence-electron chi connectivity index (χ4n) is 4.43. The van der Waals surface area contributed by atoms with Crippen LogP contribution in [-0.2, 0) is 6.42 Å². The van der Waals surface area contributed by atoms with Crippen LogP contribution in [0, 0.1) is 0 Å². The van der Waals surface area contributed by atoms with Crippen LogP contribution in [0.5, 0.6) is 17.2 Å². The molecule has 0 spiro atoms. The first-order chi connectivity index (χ1) is 20.1. The molecule has 200 valence electrons. The van der Waals surface area contributed by atoms with E-state index in [0.29, 0.717) is 39.9 Å². The highest BCUT2D eigenvalue weighted by Gasteiger charge is 2.18. The van der Waals surface area contributed by atoms with Gasteiger partial charge >= 0.3 is 0 Å². The number of benzene rings is 2. The van der Waals surface area contributed by atoms with Crippen LogP contribution in [0.2, 0.25) is 0 Å². The molecule has 41 heavy (non-hydrogen) atoms. The minimum absolute atomic E-state index is 0.0396. The first-order valence-electron chi connectivity index (χ1n) is 12.8. The number of methoxy groups -OCH3 is 1. The van der Waals surface area contributed by atoms with Crippen molar-refractivity contribution in [2.24, 2.45) is 0 Å². The van der Waals surface area contributed by atoms with Crippen molar-refractivity contribution < 1.29 is 14.3 Å². The molecule has 0 saturated carbocycles. The van der Waals surface area contributed by atoms with Crippen molar-refractivity contribution in [1.29, 1.82) is 0 Å². The number of para-hydroxylation sites is 1. The van der Waals surface area contributed by atoms with E-state index in [-0.39, 0.29) is 17.8 Å². The van der Waals surface area contributed by atoms with E-state index >= 15 is 0 Å². The van der Waals surface area contributed by atoms with Crippen molar-refractivity contribution in [1.82, 2.24) is 24.5 Å². The molecule has 0 fully saturated rings. The lowest BCUT2D eigenvalue weighted by Crippen LogP contribution is -2.26. The second-order valence-electron chi connectivity index (χ2n) is 9.12. The van der Waals surface area contributed by atoms with E-state index in [0.717, 1.165) is 10.9 Å². The van der Waals surface area contributed by atoms with Gasteiger partial charge in [-0.1, -0.05) is 18.2 Å². The lowest BCUT2D eigenvalue weighted by molar-refractivity contribution is 0.0990. The number of hydrogen-bond acceptors (Lipinski definition) is 8.